The number of amides is 2. The molecule has 1 unspecified atom stereocenters. The summed E-state index contributed by atoms with van der Waals surface area (Å²) < 4.78 is 1.39. The maximum absolute atomic E-state index is 12.7. The molecule has 3 aromatic rings. The summed E-state index contributed by atoms with van der Waals surface area (Å²) in [4.78, 5) is 26.6. The molecule has 2 aromatic carbocycles. The van der Waals surface area contributed by atoms with Crippen molar-refractivity contribution in [1.29, 1.82) is 0 Å². The highest BCUT2D eigenvalue weighted by Crippen LogP contribution is 2.18. The lowest BCUT2D eigenvalue weighted by Gasteiger charge is -2.25. The van der Waals surface area contributed by atoms with E-state index in [4.69, 9.17) is 5.73 Å². The molecule has 0 aliphatic carbocycles. The van der Waals surface area contributed by atoms with E-state index in [1.807, 2.05) is 56.3 Å². The van der Waals surface area contributed by atoms with Gasteiger partial charge in [0.1, 0.15) is 5.69 Å². The standard InChI is InChI=1S/C22H25N5O2/c1-15-9-11-16(12-10-15)20(26(2)3)14-24-22(29)18-13-19(21(23)28)27(25-18)17-7-5-4-6-8-17/h4-13,20H,14H2,1-3H3,(H2,23,28)(H,24,29). The molecule has 1 aromatic heterocycles. The van der Waals surface area contributed by atoms with Crippen molar-refractivity contribution in [1.82, 2.24) is 20.0 Å². The zero-order chi connectivity index (χ0) is 21.0. The molecule has 1 heterocycles. The molecule has 0 saturated heterocycles. The summed E-state index contributed by atoms with van der Waals surface area (Å²) in [5.41, 5.74) is 8.72. The molecule has 0 spiro atoms. The number of nitrogens with zero attached hydrogens (tertiary/aromatic N) is 3. The maximum Gasteiger partial charge on any atom is 0.271 e. The van der Waals surface area contributed by atoms with Gasteiger partial charge < -0.3 is 16.0 Å². The first kappa shape index (κ1) is 20.3. The van der Waals surface area contributed by atoms with Crippen LogP contribution in [0.1, 0.15) is 38.1 Å². The largest absolute Gasteiger partial charge is 0.364 e. The molecule has 1 atom stereocenters. The molecule has 2 amide bonds. The number of para-hydroxylation sites is 1. The molecule has 0 fully saturated rings. The average molecular weight is 391 g/mol. The molecule has 29 heavy (non-hydrogen) atoms. The van der Waals surface area contributed by atoms with Gasteiger partial charge in [-0.3, -0.25) is 9.59 Å². The molecule has 0 aliphatic heterocycles. The number of aromatic nitrogens is 2. The average Bonchev–Trinajstić information content (AvgIpc) is 3.16. The van der Waals surface area contributed by atoms with Crippen LogP contribution in [0.15, 0.2) is 60.7 Å². The predicted octanol–water partition coefficient (Wildman–Crippen LogP) is 2.31. The van der Waals surface area contributed by atoms with Crippen LogP contribution in [-0.2, 0) is 0 Å². The molecular formula is C22H25N5O2. The molecule has 0 aliphatic rings. The Morgan fingerprint density at radius 2 is 1.76 bits per heavy atom. The summed E-state index contributed by atoms with van der Waals surface area (Å²) in [5.74, 6) is -1.01. The van der Waals surface area contributed by atoms with Crippen LogP contribution in [0.3, 0.4) is 0 Å². The Balaban J connectivity index is 1.79. The minimum Gasteiger partial charge on any atom is -0.364 e. The molecule has 0 radical (unpaired) electrons. The number of primary amides is 1. The van der Waals surface area contributed by atoms with E-state index in [1.54, 1.807) is 12.1 Å². The Morgan fingerprint density at radius 1 is 1.10 bits per heavy atom. The monoisotopic (exact) mass is 391 g/mol. The van der Waals surface area contributed by atoms with Gasteiger partial charge in [0.05, 0.1) is 11.7 Å². The Kier molecular flexibility index (Phi) is 6.09. The second-order valence-electron chi connectivity index (χ2n) is 7.13. The van der Waals surface area contributed by atoms with Gasteiger partial charge in [0, 0.05) is 12.6 Å². The smallest absolute Gasteiger partial charge is 0.271 e. The highest BCUT2D eigenvalue weighted by molar-refractivity contribution is 5.97. The Bertz CT molecular complexity index is 994. The van der Waals surface area contributed by atoms with Crippen LogP contribution in [0.5, 0.6) is 0 Å². The summed E-state index contributed by atoms with van der Waals surface area (Å²) in [6.07, 6.45) is 0. The Hall–Kier alpha value is -3.45. The van der Waals surface area contributed by atoms with Gasteiger partial charge in [0.15, 0.2) is 5.69 Å². The van der Waals surface area contributed by atoms with Crippen molar-refractivity contribution in [3.63, 3.8) is 0 Å². The van der Waals surface area contributed by atoms with Gasteiger partial charge in [0.2, 0.25) is 0 Å². The zero-order valence-corrected chi connectivity index (χ0v) is 16.8. The third-order valence-corrected chi connectivity index (χ3v) is 4.74. The van der Waals surface area contributed by atoms with Gasteiger partial charge >= 0.3 is 0 Å². The number of hydrogen-bond acceptors (Lipinski definition) is 4. The minimum absolute atomic E-state index is 0.00590. The number of nitrogens with one attached hydrogen (secondary N) is 1. The molecule has 3 rings (SSSR count). The first-order valence-corrected chi connectivity index (χ1v) is 9.33. The van der Waals surface area contributed by atoms with Crippen molar-refractivity contribution in [2.45, 2.75) is 13.0 Å². The lowest BCUT2D eigenvalue weighted by atomic mass is 10.0. The van der Waals surface area contributed by atoms with Crippen molar-refractivity contribution >= 4 is 11.8 Å². The van der Waals surface area contributed by atoms with E-state index in [0.717, 1.165) is 5.56 Å². The summed E-state index contributed by atoms with van der Waals surface area (Å²) >= 11 is 0. The first-order chi connectivity index (χ1) is 13.9. The van der Waals surface area contributed by atoms with E-state index >= 15 is 0 Å². The normalized spacial score (nSPS) is 12.0. The quantitative estimate of drug-likeness (QED) is 0.646. The summed E-state index contributed by atoms with van der Waals surface area (Å²) in [5, 5.41) is 7.21. The SMILES string of the molecule is Cc1ccc(C(CNC(=O)c2cc(C(N)=O)n(-c3ccccc3)n2)N(C)C)cc1. The number of aryl methyl sites for hydroxylation is 1. The van der Waals surface area contributed by atoms with Gasteiger partial charge in [-0.15, -0.1) is 0 Å². The predicted molar refractivity (Wildman–Crippen MR) is 112 cm³/mol. The van der Waals surface area contributed by atoms with Crippen molar-refractivity contribution in [3.05, 3.63) is 83.2 Å². The van der Waals surface area contributed by atoms with Crippen LogP contribution in [0.4, 0.5) is 0 Å². The zero-order valence-electron chi connectivity index (χ0n) is 16.8. The number of carbonyl (C=O) groups is 2. The van der Waals surface area contributed by atoms with E-state index in [1.165, 1.54) is 16.3 Å². The van der Waals surface area contributed by atoms with Gasteiger partial charge in [-0.1, -0.05) is 48.0 Å². The fourth-order valence-corrected chi connectivity index (χ4v) is 3.10. The Morgan fingerprint density at radius 3 is 2.34 bits per heavy atom. The molecule has 7 nitrogen and oxygen atoms in total. The van der Waals surface area contributed by atoms with Gasteiger partial charge in [0.25, 0.3) is 11.8 Å². The maximum atomic E-state index is 12.7. The topological polar surface area (TPSA) is 93.2 Å². The van der Waals surface area contributed by atoms with Crippen molar-refractivity contribution < 1.29 is 9.59 Å². The first-order valence-electron chi connectivity index (χ1n) is 9.33. The van der Waals surface area contributed by atoms with Crippen LogP contribution in [-0.4, -0.2) is 47.1 Å². The van der Waals surface area contributed by atoms with Gasteiger partial charge in [-0.25, -0.2) is 4.68 Å². The van der Waals surface area contributed by atoms with Crippen LogP contribution in [0, 0.1) is 6.92 Å². The van der Waals surface area contributed by atoms with E-state index in [-0.39, 0.29) is 23.3 Å². The minimum atomic E-state index is -0.647. The third kappa shape index (κ3) is 4.70. The van der Waals surface area contributed by atoms with Crippen LogP contribution in [0.25, 0.3) is 5.69 Å². The molecule has 0 bridgehead atoms. The molecular weight excluding hydrogens is 366 g/mol. The molecule has 0 saturated carbocycles. The lowest BCUT2D eigenvalue weighted by Crippen LogP contribution is -2.34. The Labute approximate surface area is 170 Å². The number of likely N-dealkylation sites (N-methyl/N-ethyl adjacent to an activating group) is 1. The number of hydrogen-bond donors (Lipinski definition) is 2. The molecule has 3 N–H and O–H groups in total. The summed E-state index contributed by atoms with van der Waals surface area (Å²) in [6.45, 7) is 2.44. The number of benzene rings is 2. The number of rotatable bonds is 7. The second-order valence-corrected chi connectivity index (χ2v) is 7.13. The third-order valence-electron chi connectivity index (χ3n) is 4.74. The number of nitrogens with two attached hydrogens (primary N) is 1. The second kappa shape index (κ2) is 8.70. The van der Waals surface area contributed by atoms with E-state index < -0.39 is 5.91 Å². The lowest BCUT2D eigenvalue weighted by molar-refractivity contribution is 0.0935. The van der Waals surface area contributed by atoms with Crippen molar-refractivity contribution in [3.8, 4) is 5.69 Å². The van der Waals surface area contributed by atoms with E-state index in [0.29, 0.717) is 12.2 Å². The number of carbonyl (C=O) groups excluding carboxylic acids is 2. The van der Waals surface area contributed by atoms with Crippen molar-refractivity contribution in [2.75, 3.05) is 20.6 Å². The van der Waals surface area contributed by atoms with Crippen LogP contribution < -0.4 is 11.1 Å². The van der Waals surface area contributed by atoms with Gasteiger partial charge in [-0.05, 0) is 38.7 Å². The fourth-order valence-electron chi connectivity index (χ4n) is 3.10. The van der Waals surface area contributed by atoms with Crippen molar-refractivity contribution in [2.24, 2.45) is 5.73 Å². The highest BCUT2D eigenvalue weighted by atomic mass is 16.2. The van der Waals surface area contributed by atoms with Crippen LogP contribution >= 0.6 is 0 Å². The van der Waals surface area contributed by atoms with Crippen LogP contribution in [0.2, 0.25) is 0 Å². The van der Waals surface area contributed by atoms with Gasteiger partial charge in [-0.2, -0.15) is 5.10 Å². The molecule has 7 heteroatoms. The highest BCUT2D eigenvalue weighted by Gasteiger charge is 2.20. The van der Waals surface area contributed by atoms with E-state index in [9.17, 15) is 9.59 Å². The fraction of sp³-hybridized carbons (Fsp3) is 0.227. The van der Waals surface area contributed by atoms with E-state index in [2.05, 4.69) is 22.5 Å². The molecule has 150 valence electrons. The summed E-state index contributed by atoms with van der Waals surface area (Å²) in [6, 6.07) is 18.7. The summed E-state index contributed by atoms with van der Waals surface area (Å²) in [7, 11) is 3.93.